The second-order valence-electron chi connectivity index (χ2n) is 10.0. The number of amides is 1. The highest BCUT2D eigenvalue weighted by molar-refractivity contribution is 6.09. The Hall–Kier alpha value is -2.70. The van der Waals surface area contributed by atoms with Crippen molar-refractivity contribution in [1.29, 1.82) is 0 Å². The summed E-state index contributed by atoms with van der Waals surface area (Å²) in [5.41, 5.74) is 3.60. The van der Waals surface area contributed by atoms with Gasteiger partial charge in [-0.25, -0.2) is 4.39 Å². The fraction of sp³-hybridized carbons (Fsp3) is 0.444. The number of benzene rings is 2. The van der Waals surface area contributed by atoms with Crippen LogP contribution in [0.4, 0.5) is 10.1 Å². The third-order valence-electron chi connectivity index (χ3n) is 8.11. The van der Waals surface area contributed by atoms with Gasteiger partial charge in [0.25, 0.3) is 5.91 Å². The highest BCUT2D eigenvalue weighted by Gasteiger charge is 2.50. The van der Waals surface area contributed by atoms with Gasteiger partial charge in [0.2, 0.25) is 0 Å². The van der Waals surface area contributed by atoms with E-state index in [1.165, 1.54) is 37.1 Å². The lowest BCUT2D eigenvalue weighted by Gasteiger charge is -2.38. The first-order valence-corrected chi connectivity index (χ1v) is 12.2. The standard InChI is InChI=1S/C27H31FN4O/c1-2-30-12-5-6-21(16-30)31-13-11-27(17-31)18-32(25-8-4-3-7-22(25)27)26(33)24-15-19-14-20(28)9-10-23(19)29-24/h3-4,7-10,14-15,21,29H,2,5-6,11-13,16-18H2,1H3/t21?,27-/m0/s1. The number of carbonyl (C=O) groups is 1. The SMILES string of the molecule is CCN1CCCC(N2CC[C@@]3(CN(C(=O)c4cc5cc(F)ccc5[nH]4)c4ccccc43)C2)C1. The van der Waals surface area contributed by atoms with E-state index in [2.05, 4.69) is 39.9 Å². The number of carbonyl (C=O) groups excluding carboxylic acids is 1. The maximum absolute atomic E-state index is 13.7. The molecule has 2 fully saturated rings. The number of H-pyrrole nitrogens is 1. The number of halogens is 1. The lowest BCUT2D eigenvalue weighted by atomic mass is 9.81. The minimum Gasteiger partial charge on any atom is -0.351 e. The molecule has 1 unspecified atom stereocenters. The van der Waals surface area contributed by atoms with Gasteiger partial charge in [0.15, 0.2) is 0 Å². The number of aromatic nitrogens is 1. The van der Waals surface area contributed by atoms with Gasteiger partial charge in [-0.3, -0.25) is 9.69 Å². The average molecular weight is 447 g/mol. The molecule has 0 radical (unpaired) electrons. The third kappa shape index (κ3) is 3.47. The van der Waals surface area contributed by atoms with Crippen molar-refractivity contribution < 1.29 is 9.18 Å². The largest absolute Gasteiger partial charge is 0.351 e. The van der Waals surface area contributed by atoms with E-state index in [0.717, 1.165) is 49.2 Å². The third-order valence-corrected chi connectivity index (χ3v) is 8.11. The fourth-order valence-electron chi connectivity index (χ4n) is 6.36. The molecule has 6 rings (SSSR count). The number of fused-ring (bicyclic) bond motifs is 3. The Kier molecular flexibility index (Phi) is 5.03. The normalized spacial score (nSPS) is 25.9. The number of nitrogens with zero attached hydrogens (tertiary/aromatic N) is 3. The van der Waals surface area contributed by atoms with Crippen molar-refractivity contribution in [2.24, 2.45) is 0 Å². The number of rotatable bonds is 3. The van der Waals surface area contributed by atoms with Crippen LogP contribution in [0.3, 0.4) is 0 Å². The molecular weight excluding hydrogens is 415 g/mol. The van der Waals surface area contributed by atoms with Gasteiger partial charge in [-0.05, 0) is 74.8 Å². The summed E-state index contributed by atoms with van der Waals surface area (Å²) < 4.78 is 13.7. The zero-order chi connectivity index (χ0) is 22.6. The molecule has 1 amide bonds. The quantitative estimate of drug-likeness (QED) is 0.649. The summed E-state index contributed by atoms with van der Waals surface area (Å²) in [5, 5.41) is 0.727. The summed E-state index contributed by atoms with van der Waals surface area (Å²) in [6.07, 6.45) is 3.61. The molecule has 4 heterocycles. The van der Waals surface area contributed by atoms with Crippen LogP contribution in [-0.4, -0.2) is 66.0 Å². The van der Waals surface area contributed by atoms with Crippen LogP contribution in [0.5, 0.6) is 0 Å². The molecule has 6 heteroatoms. The number of piperidine rings is 1. The van der Waals surface area contributed by atoms with Gasteiger partial charge < -0.3 is 14.8 Å². The zero-order valence-corrected chi connectivity index (χ0v) is 19.2. The molecule has 172 valence electrons. The number of hydrogen-bond donors (Lipinski definition) is 1. The van der Waals surface area contributed by atoms with Gasteiger partial charge in [-0.2, -0.15) is 0 Å². The highest BCUT2D eigenvalue weighted by atomic mass is 19.1. The number of aromatic amines is 1. The van der Waals surface area contributed by atoms with Gasteiger partial charge in [-0.15, -0.1) is 0 Å². The van der Waals surface area contributed by atoms with Crippen molar-refractivity contribution >= 4 is 22.5 Å². The van der Waals surface area contributed by atoms with E-state index in [9.17, 15) is 9.18 Å². The van der Waals surface area contributed by atoms with Crippen molar-refractivity contribution in [3.05, 3.63) is 65.6 Å². The Morgan fingerprint density at radius 1 is 1.15 bits per heavy atom. The molecule has 2 atom stereocenters. The lowest BCUT2D eigenvalue weighted by molar-refractivity contribution is 0.0977. The molecule has 1 spiro atoms. The minimum atomic E-state index is -0.290. The summed E-state index contributed by atoms with van der Waals surface area (Å²) in [5.74, 6) is -0.328. The van der Waals surface area contributed by atoms with Gasteiger partial charge in [-0.1, -0.05) is 25.1 Å². The van der Waals surface area contributed by atoms with Crippen molar-refractivity contribution in [3.63, 3.8) is 0 Å². The topological polar surface area (TPSA) is 42.6 Å². The Morgan fingerprint density at radius 3 is 2.91 bits per heavy atom. The molecular formula is C27H31FN4O. The number of para-hydroxylation sites is 1. The second kappa shape index (κ2) is 7.96. The van der Waals surface area contributed by atoms with Crippen LogP contribution < -0.4 is 4.90 Å². The maximum atomic E-state index is 13.7. The van der Waals surface area contributed by atoms with Crippen LogP contribution in [0, 0.1) is 5.82 Å². The van der Waals surface area contributed by atoms with Crippen LogP contribution >= 0.6 is 0 Å². The first-order valence-electron chi connectivity index (χ1n) is 12.2. The van der Waals surface area contributed by atoms with Gasteiger partial charge in [0.1, 0.15) is 11.5 Å². The zero-order valence-electron chi connectivity index (χ0n) is 19.2. The summed E-state index contributed by atoms with van der Waals surface area (Å²) in [6.45, 7) is 8.54. The smallest absolute Gasteiger partial charge is 0.274 e. The molecule has 1 N–H and O–H groups in total. The minimum absolute atomic E-state index is 0.0150. The van der Waals surface area contributed by atoms with E-state index in [-0.39, 0.29) is 17.1 Å². The number of likely N-dealkylation sites (tertiary alicyclic amines) is 2. The maximum Gasteiger partial charge on any atom is 0.274 e. The molecule has 0 aliphatic carbocycles. The van der Waals surface area contributed by atoms with Crippen molar-refractivity contribution in [1.82, 2.24) is 14.8 Å². The van der Waals surface area contributed by atoms with Crippen molar-refractivity contribution in [2.75, 3.05) is 44.2 Å². The number of likely N-dealkylation sites (N-methyl/N-ethyl adjacent to an activating group) is 1. The Balaban J connectivity index is 1.29. The molecule has 0 bridgehead atoms. The van der Waals surface area contributed by atoms with Gasteiger partial charge in [0.05, 0.1) is 0 Å². The van der Waals surface area contributed by atoms with Crippen LogP contribution in [0.15, 0.2) is 48.5 Å². The number of nitrogens with one attached hydrogen (secondary N) is 1. The summed E-state index contributed by atoms with van der Waals surface area (Å²) in [7, 11) is 0. The molecule has 3 aromatic rings. The Morgan fingerprint density at radius 2 is 2.03 bits per heavy atom. The highest BCUT2D eigenvalue weighted by Crippen LogP contribution is 2.47. The fourth-order valence-corrected chi connectivity index (χ4v) is 6.36. The van der Waals surface area contributed by atoms with E-state index < -0.39 is 0 Å². The molecule has 2 aromatic carbocycles. The van der Waals surface area contributed by atoms with Crippen LogP contribution in [0.25, 0.3) is 10.9 Å². The lowest BCUT2D eigenvalue weighted by Crippen LogP contribution is -2.48. The molecule has 3 aliphatic rings. The van der Waals surface area contributed by atoms with E-state index in [4.69, 9.17) is 0 Å². The monoisotopic (exact) mass is 446 g/mol. The second-order valence-corrected chi connectivity index (χ2v) is 10.0. The first kappa shape index (κ1) is 20.9. The van der Waals surface area contributed by atoms with E-state index in [1.807, 2.05) is 11.0 Å². The van der Waals surface area contributed by atoms with Crippen molar-refractivity contribution in [3.8, 4) is 0 Å². The van der Waals surface area contributed by atoms with Gasteiger partial charge >= 0.3 is 0 Å². The Labute approximate surface area is 194 Å². The summed E-state index contributed by atoms with van der Waals surface area (Å²) in [4.78, 5) is 24.0. The van der Waals surface area contributed by atoms with E-state index in [1.54, 1.807) is 12.1 Å². The molecule has 3 aliphatic heterocycles. The molecule has 5 nitrogen and oxygen atoms in total. The Bertz CT molecular complexity index is 1210. The predicted molar refractivity (Wildman–Crippen MR) is 129 cm³/mol. The van der Waals surface area contributed by atoms with Crippen molar-refractivity contribution in [2.45, 2.75) is 37.6 Å². The summed E-state index contributed by atoms with van der Waals surface area (Å²) >= 11 is 0. The van der Waals surface area contributed by atoms with E-state index >= 15 is 0 Å². The first-order chi connectivity index (χ1) is 16.1. The molecule has 33 heavy (non-hydrogen) atoms. The molecule has 2 saturated heterocycles. The van der Waals surface area contributed by atoms with E-state index in [0.29, 0.717) is 18.3 Å². The predicted octanol–water partition coefficient (Wildman–Crippen LogP) is 4.40. The molecule has 0 saturated carbocycles. The number of anilines is 1. The number of hydrogen-bond acceptors (Lipinski definition) is 3. The van der Waals surface area contributed by atoms with Crippen LogP contribution in [0.1, 0.15) is 42.2 Å². The van der Waals surface area contributed by atoms with Gasteiger partial charge in [0, 0.05) is 47.7 Å². The summed E-state index contributed by atoms with van der Waals surface area (Å²) in [6, 6.07) is 15.4. The average Bonchev–Trinajstić information content (AvgIpc) is 3.55. The van der Waals surface area contributed by atoms with Crippen LogP contribution in [-0.2, 0) is 5.41 Å². The van der Waals surface area contributed by atoms with Crippen LogP contribution in [0.2, 0.25) is 0 Å². The molecule has 1 aromatic heterocycles.